The average Bonchev–Trinajstić information content (AvgIpc) is 2.79. The van der Waals surface area contributed by atoms with E-state index in [1.165, 1.54) is 5.69 Å². The largest absolute Gasteiger partial charge is 0.330 e. The number of aryl methyl sites for hydroxylation is 1. The molecule has 0 saturated carbocycles. The smallest absolute Gasteiger partial charge is 0.214 e. The zero-order chi connectivity index (χ0) is 12.0. The summed E-state index contributed by atoms with van der Waals surface area (Å²) < 4.78 is 5.28. The first-order valence-corrected chi connectivity index (χ1v) is 6.32. The normalized spacial score (nSPS) is 11.7. The highest BCUT2D eigenvalue weighted by molar-refractivity contribution is 9.10. The third kappa shape index (κ3) is 1.57. The quantitative estimate of drug-likeness (QED) is 0.786. The summed E-state index contributed by atoms with van der Waals surface area (Å²) in [6.07, 6.45) is 2.99. The van der Waals surface area contributed by atoms with Crippen molar-refractivity contribution < 1.29 is 0 Å². The maximum absolute atomic E-state index is 5.61. The molecule has 0 fully saturated rings. The molecule has 88 valence electrons. The van der Waals surface area contributed by atoms with Gasteiger partial charge in [-0.1, -0.05) is 15.9 Å². The van der Waals surface area contributed by atoms with Crippen LogP contribution in [0.25, 0.3) is 16.8 Å². The summed E-state index contributed by atoms with van der Waals surface area (Å²) >= 11 is 3.49. The molecule has 0 unspecified atom stereocenters. The second kappa shape index (κ2) is 3.85. The van der Waals surface area contributed by atoms with Gasteiger partial charge in [0.15, 0.2) is 0 Å². The molecule has 2 N–H and O–H groups in total. The molecule has 0 aliphatic rings. The zero-order valence-corrected chi connectivity index (χ0v) is 11.1. The SMILES string of the molecule is Cn1c(CCN)cn2c3cc(Br)ccc3nc12. The van der Waals surface area contributed by atoms with E-state index in [1.54, 1.807) is 0 Å². The molecule has 0 saturated heterocycles. The van der Waals surface area contributed by atoms with Crippen molar-refractivity contribution in [3.8, 4) is 0 Å². The Labute approximate surface area is 107 Å². The van der Waals surface area contributed by atoms with E-state index < -0.39 is 0 Å². The summed E-state index contributed by atoms with van der Waals surface area (Å²) in [6, 6.07) is 6.12. The van der Waals surface area contributed by atoms with Crippen molar-refractivity contribution in [3.05, 3.63) is 34.6 Å². The van der Waals surface area contributed by atoms with Gasteiger partial charge in [0.2, 0.25) is 5.78 Å². The van der Waals surface area contributed by atoms with Gasteiger partial charge in [0, 0.05) is 29.8 Å². The third-order valence-corrected chi connectivity index (χ3v) is 3.54. The maximum atomic E-state index is 5.61. The van der Waals surface area contributed by atoms with E-state index in [4.69, 9.17) is 5.73 Å². The Hall–Kier alpha value is -1.33. The molecule has 3 rings (SSSR count). The maximum Gasteiger partial charge on any atom is 0.214 e. The topological polar surface area (TPSA) is 48.2 Å². The van der Waals surface area contributed by atoms with Crippen molar-refractivity contribution in [3.63, 3.8) is 0 Å². The molecule has 4 nitrogen and oxygen atoms in total. The number of fused-ring (bicyclic) bond motifs is 3. The van der Waals surface area contributed by atoms with Crippen LogP contribution in [0, 0.1) is 0 Å². The molecule has 1 aromatic carbocycles. The van der Waals surface area contributed by atoms with Crippen molar-refractivity contribution >= 4 is 32.7 Å². The van der Waals surface area contributed by atoms with E-state index in [2.05, 4.69) is 42.1 Å². The Balaban J connectivity index is 2.34. The van der Waals surface area contributed by atoms with Gasteiger partial charge in [0.1, 0.15) is 0 Å². The van der Waals surface area contributed by atoms with Crippen molar-refractivity contribution in [1.82, 2.24) is 14.0 Å². The van der Waals surface area contributed by atoms with Gasteiger partial charge >= 0.3 is 0 Å². The average molecular weight is 293 g/mol. The fourth-order valence-electron chi connectivity index (χ4n) is 2.16. The van der Waals surface area contributed by atoms with Gasteiger partial charge in [-0.3, -0.25) is 4.40 Å². The molecule has 17 heavy (non-hydrogen) atoms. The lowest BCUT2D eigenvalue weighted by Crippen LogP contribution is -2.06. The molecule has 0 bridgehead atoms. The number of aromatic nitrogens is 3. The molecule has 2 heterocycles. The van der Waals surface area contributed by atoms with Gasteiger partial charge in [-0.15, -0.1) is 0 Å². The van der Waals surface area contributed by atoms with Crippen LogP contribution in [0.15, 0.2) is 28.9 Å². The lowest BCUT2D eigenvalue weighted by atomic mass is 10.3. The van der Waals surface area contributed by atoms with Crippen LogP contribution < -0.4 is 5.73 Å². The van der Waals surface area contributed by atoms with Crippen LogP contribution in [0.2, 0.25) is 0 Å². The van der Waals surface area contributed by atoms with Crippen molar-refractivity contribution in [1.29, 1.82) is 0 Å². The molecule has 0 atom stereocenters. The lowest BCUT2D eigenvalue weighted by molar-refractivity contribution is 0.820. The molecule has 0 radical (unpaired) electrons. The van der Waals surface area contributed by atoms with Crippen molar-refractivity contribution in [2.75, 3.05) is 6.54 Å². The molecule has 5 heteroatoms. The number of imidazole rings is 2. The van der Waals surface area contributed by atoms with Gasteiger partial charge in [-0.05, 0) is 24.7 Å². The van der Waals surface area contributed by atoms with E-state index in [9.17, 15) is 0 Å². The van der Waals surface area contributed by atoms with Crippen LogP contribution in [0.3, 0.4) is 0 Å². The highest BCUT2D eigenvalue weighted by Crippen LogP contribution is 2.22. The standard InChI is InChI=1S/C12H13BrN4/c1-16-9(4-5-14)7-17-11-6-8(13)2-3-10(11)15-12(16)17/h2-3,6-7H,4-5,14H2,1H3. The molecule has 0 aliphatic carbocycles. The van der Waals surface area contributed by atoms with Crippen LogP contribution in [-0.2, 0) is 13.5 Å². The van der Waals surface area contributed by atoms with Gasteiger partial charge < -0.3 is 10.3 Å². The minimum Gasteiger partial charge on any atom is -0.330 e. The first-order valence-electron chi connectivity index (χ1n) is 5.52. The molecular formula is C12H13BrN4. The second-order valence-corrected chi connectivity index (χ2v) is 5.05. The number of hydrogen-bond acceptors (Lipinski definition) is 2. The molecule has 0 amide bonds. The fourth-order valence-corrected chi connectivity index (χ4v) is 2.51. The summed E-state index contributed by atoms with van der Waals surface area (Å²) in [4.78, 5) is 4.62. The Morgan fingerprint density at radius 2 is 2.24 bits per heavy atom. The highest BCUT2D eigenvalue weighted by atomic mass is 79.9. The first kappa shape index (κ1) is 10.8. The van der Waals surface area contributed by atoms with Crippen molar-refractivity contribution in [2.45, 2.75) is 6.42 Å². The first-order chi connectivity index (χ1) is 8.20. The molecule has 2 aromatic heterocycles. The summed E-state index contributed by atoms with van der Waals surface area (Å²) in [5, 5.41) is 0. The minimum atomic E-state index is 0.655. The number of nitrogens with zero attached hydrogens (tertiary/aromatic N) is 3. The number of benzene rings is 1. The minimum absolute atomic E-state index is 0.655. The van der Waals surface area contributed by atoms with E-state index in [-0.39, 0.29) is 0 Å². The second-order valence-electron chi connectivity index (χ2n) is 4.13. The molecular weight excluding hydrogens is 280 g/mol. The summed E-state index contributed by atoms with van der Waals surface area (Å²) in [6.45, 7) is 0.655. The van der Waals surface area contributed by atoms with Gasteiger partial charge in [0.05, 0.1) is 11.0 Å². The van der Waals surface area contributed by atoms with Crippen LogP contribution >= 0.6 is 15.9 Å². The van der Waals surface area contributed by atoms with E-state index >= 15 is 0 Å². The van der Waals surface area contributed by atoms with Crippen LogP contribution in [0.1, 0.15) is 5.69 Å². The van der Waals surface area contributed by atoms with Crippen molar-refractivity contribution in [2.24, 2.45) is 12.8 Å². The van der Waals surface area contributed by atoms with Gasteiger partial charge in [-0.2, -0.15) is 0 Å². The molecule has 3 aromatic rings. The van der Waals surface area contributed by atoms with Crippen LogP contribution in [0.4, 0.5) is 0 Å². The Bertz CT molecular complexity index is 695. The fraction of sp³-hybridized carbons (Fsp3) is 0.250. The van der Waals surface area contributed by atoms with E-state index in [1.807, 2.05) is 19.2 Å². The van der Waals surface area contributed by atoms with Gasteiger partial charge in [-0.25, -0.2) is 4.98 Å². The molecule has 0 spiro atoms. The Kier molecular flexibility index (Phi) is 2.45. The molecule has 0 aliphatic heterocycles. The summed E-state index contributed by atoms with van der Waals surface area (Å²) in [5.74, 6) is 0.960. The Morgan fingerprint density at radius 1 is 1.41 bits per heavy atom. The van der Waals surface area contributed by atoms with Crippen LogP contribution in [0.5, 0.6) is 0 Å². The Morgan fingerprint density at radius 3 is 3.00 bits per heavy atom. The number of nitrogens with two attached hydrogens (primary N) is 1. The number of halogens is 1. The lowest BCUT2D eigenvalue weighted by Gasteiger charge is -1.98. The van der Waals surface area contributed by atoms with Gasteiger partial charge in [0.25, 0.3) is 0 Å². The predicted octanol–water partition coefficient (Wildman–Crippen LogP) is 2.09. The number of rotatable bonds is 2. The van der Waals surface area contributed by atoms with E-state index in [0.29, 0.717) is 6.54 Å². The third-order valence-electron chi connectivity index (χ3n) is 3.04. The van der Waals surface area contributed by atoms with E-state index in [0.717, 1.165) is 27.7 Å². The summed E-state index contributed by atoms with van der Waals surface area (Å²) in [5.41, 5.74) is 8.94. The zero-order valence-electron chi connectivity index (χ0n) is 9.52. The summed E-state index contributed by atoms with van der Waals surface area (Å²) in [7, 11) is 2.03. The van der Waals surface area contributed by atoms with Crippen LogP contribution in [-0.4, -0.2) is 20.5 Å². The highest BCUT2D eigenvalue weighted by Gasteiger charge is 2.11. The monoisotopic (exact) mass is 292 g/mol. The number of hydrogen-bond donors (Lipinski definition) is 1. The predicted molar refractivity (Wildman–Crippen MR) is 72.1 cm³/mol.